The van der Waals surface area contributed by atoms with Gasteiger partial charge in [0.25, 0.3) is 0 Å². The van der Waals surface area contributed by atoms with E-state index in [9.17, 15) is 19.8 Å². The summed E-state index contributed by atoms with van der Waals surface area (Å²) < 4.78 is 9.88. The predicted octanol–water partition coefficient (Wildman–Crippen LogP) is 2.46. The molecule has 0 bridgehead atoms. The fraction of sp³-hybridized carbons (Fsp3) is 0.810. The normalized spacial score (nSPS) is 45.8. The second-order valence-electron chi connectivity index (χ2n) is 9.18. The molecule has 3 aliphatic rings. The summed E-state index contributed by atoms with van der Waals surface area (Å²) in [5.41, 5.74) is -0.667. The number of carbonyl (C=O) groups excluding carboxylic acids is 2. The van der Waals surface area contributed by atoms with Gasteiger partial charge in [0.15, 0.2) is 0 Å². The molecule has 0 spiro atoms. The number of esters is 1. The molecule has 2 unspecified atom stereocenters. The molecule has 7 atom stereocenters. The van der Waals surface area contributed by atoms with Crippen LogP contribution in [0, 0.1) is 16.7 Å². The molecule has 3 rings (SSSR count). The topological polar surface area (TPSA) is 93.1 Å². The maximum atomic E-state index is 12.6. The number of methoxy groups -OCH3 is 1. The Labute approximate surface area is 171 Å². The van der Waals surface area contributed by atoms with Gasteiger partial charge >= 0.3 is 5.97 Å². The van der Waals surface area contributed by atoms with Gasteiger partial charge in [-0.05, 0) is 30.8 Å². The Hall–Kier alpha value is -0.890. The van der Waals surface area contributed by atoms with Crippen molar-refractivity contribution in [1.82, 2.24) is 0 Å². The Kier molecular flexibility index (Phi) is 5.54. The third-order valence-corrected chi connectivity index (χ3v) is 8.71. The van der Waals surface area contributed by atoms with Gasteiger partial charge < -0.3 is 19.7 Å². The van der Waals surface area contributed by atoms with Crippen LogP contribution in [0.2, 0.25) is 0 Å². The summed E-state index contributed by atoms with van der Waals surface area (Å²) in [6, 6.07) is 0. The average molecular weight is 413 g/mol. The van der Waals surface area contributed by atoms with Gasteiger partial charge in [0, 0.05) is 29.8 Å². The number of ketones is 1. The number of carbonyl (C=O) groups is 2. The second kappa shape index (κ2) is 7.11. The molecule has 158 valence electrons. The van der Waals surface area contributed by atoms with E-state index in [0.29, 0.717) is 6.42 Å². The minimum atomic E-state index is -1.24. The van der Waals surface area contributed by atoms with Crippen molar-refractivity contribution in [3.8, 4) is 0 Å². The number of hydrogen-bond acceptors (Lipinski definition) is 7. The highest BCUT2D eigenvalue weighted by molar-refractivity contribution is 8.01. The van der Waals surface area contributed by atoms with E-state index >= 15 is 0 Å². The average Bonchev–Trinajstić information content (AvgIpc) is 2.60. The Morgan fingerprint density at radius 3 is 2.50 bits per heavy atom. The summed E-state index contributed by atoms with van der Waals surface area (Å²) in [6.07, 6.45) is 0.260. The highest BCUT2D eigenvalue weighted by atomic mass is 32.2. The van der Waals surface area contributed by atoms with Gasteiger partial charge in [-0.1, -0.05) is 34.1 Å². The minimum Gasteiger partial charge on any atom is -0.431 e. The molecule has 1 heterocycles. The fourth-order valence-corrected chi connectivity index (χ4v) is 7.75. The van der Waals surface area contributed by atoms with E-state index in [1.807, 2.05) is 27.7 Å². The molecule has 2 fully saturated rings. The predicted molar refractivity (Wildman–Crippen MR) is 107 cm³/mol. The van der Waals surface area contributed by atoms with Crippen LogP contribution >= 0.6 is 11.8 Å². The minimum absolute atomic E-state index is 0.000894. The number of fused-ring (bicyclic) bond motifs is 3. The van der Waals surface area contributed by atoms with Gasteiger partial charge in [-0.3, -0.25) is 4.79 Å². The Morgan fingerprint density at radius 1 is 1.32 bits per heavy atom. The maximum absolute atomic E-state index is 12.6. The summed E-state index contributed by atoms with van der Waals surface area (Å²) in [5.74, 6) is -1.00. The molecule has 0 aromatic heterocycles. The second-order valence-corrected chi connectivity index (χ2v) is 11.0. The quantitative estimate of drug-likeness (QED) is 0.685. The molecule has 2 saturated carbocycles. The van der Waals surface area contributed by atoms with Crippen molar-refractivity contribution in [3.63, 3.8) is 0 Å². The maximum Gasteiger partial charge on any atom is 0.333 e. The summed E-state index contributed by atoms with van der Waals surface area (Å²) in [5, 5.41) is 22.9. The largest absolute Gasteiger partial charge is 0.431 e. The lowest BCUT2D eigenvalue weighted by atomic mass is 9.45. The Bertz CT molecular complexity index is 705. The third kappa shape index (κ3) is 2.81. The van der Waals surface area contributed by atoms with Crippen LogP contribution in [0.5, 0.6) is 0 Å². The lowest BCUT2D eigenvalue weighted by molar-refractivity contribution is -0.214. The van der Waals surface area contributed by atoms with Crippen LogP contribution in [-0.2, 0) is 19.1 Å². The molecule has 1 aliphatic heterocycles. The highest BCUT2D eigenvalue weighted by Gasteiger charge is 2.70. The molecule has 0 amide bonds. The first-order valence-corrected chi connectivity index (χ1v) is 10.8. The number of rotatable bonds is 4. The molecular formula is C21H32O6S. The van der Waals surface area contributed by atoms with Crippen molar-refractivity contribution in [3.05, 3.63) is 11.6 Å². The van der Waals surface area contributed by atoms with Crippen molar-refractivity contribution in [1.29, 1.82) is 0 Å². The number of thioether (sulfide) groups is 1. The standard InChI is InChI=1S/C21H32O6S/c1-11(2)28-21-13(10-14(23)27-18(21)26-6)20(5)9-7-8-19(4,12(3)22)16(20)15(24)17(21)25/h10-11,15-18,24-25H,7-9H2,1-6H3/t15-,16-,17+,18?,19+,20+,21?/m0/s1. The molecule has 2 aliphatic carbocycles. The van der Waals surface area contributed by atoms with E-state index in [1.54, 1.807) is 6.92 Å². The molecule has 0 saturated heterocycles. The fourth-order valence-electron chi connectivity index (χ4n) is 6.02. The van der Waals surface area contributed by atoms with Crippen molar-refractivity contribution in [2.75, 3.05) is 7.11 Å². The lowest BCUT2D eigenvalue weighted by Gasteiger charge is -2.64. The summed E-state index contributed by atoms with van der Waals surface area (Å²) in [7, 11) is 1.44. The first-order valence-electron chi connectivity index (χ1n) is 9.96. The van der Waals surface area contributed by atoms with Gasteiger partial charge in [-0.2, -0.15) is 0 Å². The zero-order chi connectivity index (χ0) is 21.1. The van der Waals surface area contributed by atoms with Crippen LogP contribution in [0.3, 0.4) is 0 Å². The number of hydrogen-bond donors (Lipinski definition) is 2. The SMILES string of the molecule is COC1OC(=O)C=C2C1(SC(C)C)[C@H](O)[C@@H](O)[C@H]1[C@@](C)(C(C)=O)CCC[C@]21C. The molecule has 0 radical (unpaired) electrons. The lowest BCUT2D eigenvalue weighted by Crippen LogP contribution is -2.72. The van der Waals surface area contributed by atoms with Crippen molar-refractivity contribution < 1.29 is 29.3 Å². The van der Waals surface area contributed by atoms with Crippen molar-refractivity contribution in [2.24, 2.45) is 16.7 Å². The van der Waals surface area contributed by atoms with Crippen LogP contribution in [-0.4, -0.2) is 57.6 Å². The van der Waals surface area contributed by atoms with Crippen LogP contribution in [0.1, 0.15) is 53.9 Å². The number of Topliss-reactive ketones (excluding diaryl/α,β-unsaturated/α-hetero) is 1. The van der Waals surface area contributed by atoms with E-state index in [-0.39, 0.29) is 11.0 Å². The number of aliphatic hydroxyl groups excluding tert-OH is 2. The monoisotopic (exact) mass is 412 g/mol. The van der Waals surface area contributed by atoms with Crippen LogP contribution in [0.15, 0.2) is 11.6 Å². The highest BCUT2D eigenvalue weighted by Crippen LogP contribution is 2.66. The molecule has 0 aromatic rings. The number of aliphatic hydroxyl groups is 2. The van der Waals surface area contributed by atoms with Crippen LogP contribution in [0.4, 0.5) is 0 Å². The first-order chi connectivity index (χ1) is 12.9. The molecular weight excluding hydrogens is 380 g/mol. The zero-order valence-corrected chi connectivity index (χ0v) is 18.3. The summed E-state index contributed by atoms with van der Waals surface area (Å²) in [6.45, 7) is 9.44. The van der Waals surface area contributed by atoms with Gasteiger partial charge in [0.1, 0.15) is 16.6 Å². The Balaban J connectivity index is 2.28. The van der Waals surface area contributed by atoms with Gasteiger partial charge in [-0.15, -0.1) is 11.8 Å². The molecule has 6 nitrogen and oxygen atoms in total. The van der Waals surface area contributed by atoms with E-state index in [2.05, 4.69) is 0 Å². The molecule has 2 N–H and O–H groups in total. The van der Waals surface area contributed by atoms with E-state index in [0.717, 1.165) is 18.4 Å². The summed E-state index contributed by atoms with van der Waals surface area (Å²) in [4.78, 5) is 25.1. The van der Waals surface area contributed by atoms with E-state index in [1.165, 1.54) is 24.9 Å². The van der Waals surface area contributed by atoms with Gasteiger partial charge in [-0.25, -0.2) is 4.79 Å². The van der Waals surface area contributed by atoms with E-state index < -0.39 is 46.0 Å². The van der Waals surface area contributed by atoms with Crippen LogP contribution in [0.25, 0.3) is 0 Å². The van der Waals surface area contributed by atoms with E-state index in [4.69, 9.17) is 9.47 Å². The zero-order valence-electron chi connectivity index (χ0n) is 17.5. The number of cyclic esters (lactones) is 1. The van der Waals surface area contributed by atoms with Gasteiger partial charge in [0.05, 0.1) is 6.10 Å². The third-order valence-electron chi connectivity index (χ3n) is 7.19. The Morgan fingerprint density at radius 2 is 1.96 bits per heavy atom. The number of ether oxygens (including phenoxy) is 2. The molecule has 0 aromatic carbocycles. The summed E-state index contributed by atoms with van der Waals surface area (Å²) >= 11 is 1.45. The van der Waals surface area contributed by atoms with Crippen LogP contribution < -0.4 is 0 Å². The van der Waals surface area contributed by atoms with Gasteiger partial charge in [0.2, 0.25) is 6.29 Å². The van der Waals surface area contributed by atoms with Crippen molar-refractivity contribution in [2.45, 2.75) is 82.4 Å². The molecule has 28 heavy (non-hydrogen) atoms. The first kappa shape index (κ1) is 21.8. The molecule has 7 heteroatoms. The smallest absolute Gasteiger partial charge is 0.333 e. The van der Waals surface area contributed by atoms with Crippen molar-refractivity contribution >= 4 is 23.5 Å².